The first kappa shape index (κ1) is 17.0. The number of likely N-dealkylation sites (N-methyl/N-ethyl adjacent to an activating group) is 1. The van der Waals surface area contributed by atoms with Crippen molar-refractivity contribution in [3.63, 3.8) is 0 Å². The molecule has 5 nitrogen and oxygen atoms in total. The van der Waals surface area contributed by atoms with Crippen LogP contribution >= 0.6 is 27.5 Å². The third-order valence-corrected chi connectivity index (χ3v) is 6.88. The molecule has 0 amide bonds. The first-order chi connectivity index (χ1) is 9.66. The maximum absolute atomic E-state index is 14.2. The molecule has 0 saturated carbocycles. The van der Waals surface area contributed by atoms with Crippen molar-refractivity contribution in [1.29, 1.82) is 0 Å². The summed E-state index contributed by atoms with van der Waals surface area (Å²) >= 11 is 8.93. The number of nitrogen functional groups attached to an aromatic ring is 1. The number of rotatable bonds is 3. The molecule has 1 fully saturated rings. The van der Waals surface area contributed by atoms with Crippen LogP contribution in [0, 0.1) is 5.82 Å². The number of hydrogen-bond donors (Lipinski definition) is 1. The summed E-state index contributed by atoms with van der Waals surface area (Å²) < 4.78 is 40.8. The van der Waals surface area contributed by atoms with Crippen LogP contribution in [0.1, 0.15) is 6.42 Å². The molecule has 2 N–H and O–H groups in total. The van der Waals surface area contributed by atoms with E-state index in [0.717, 1.165) is 6.07 Å². The van der Waals surface area contributed by atoms with Gasteiger partial charge in [0.1, 0.15) is 4.90 Å². The summed E-state index contributed by atoms with van der Waals surface area (Å²) in [5.74, 6) is -0.973. The number of hydrogen-bond acceptors (Lipinski definition) is 4. The summed E-state index contributed by atoms with van der Waals surface area (Å²) in [5, 5.41) is 0.0656. The number of nitrogens with two attached hydrogens (primary N) is 1. The molecule has 1 aliphatic heterocycles. The fourth-order valence-corrected chi connectivity index (χ4v) is 4.44. The second kappa shape index (κ2) is 6.00. The number of benzene rings is 1. The van der Waals surface area contributed by atoms with Crippen LogP contribution in [0.4, 0.5) is 10.1 Å². The highest BCUT2D eigenvalue weighted by molar-refractivity contribution is 9.10. The van der Waals surface area contributed by atoms with Gasteiger partial charge in [0, 0.05) is 19.1 Å². The third kappa shape index (κ3) is 3.05. The Morgan fingerprint density at radius 3 is 2.67 bits per heavy atom. The molecular weight excluding hydrogens is 385 g/mol. The van der Waals surface area contributed by atoms with Crippen molar-refractivity contribution in [1.82, 2.24) is 9.21 Å². The van der Waals surface area contributed by atoms with E-state index < -0.39 is 20.7 Å². The number of sulfonamides is 1. The van der Waals surface area contributed by atoms with E-state index in [1.54, 1.807) is 0 Å². The fourth-order valence-electron chi connectivity index (χ4n) is 2.28. The molecule has 2 rings (SSSR count). The summed E-state index contributed by atoms with van der Waals surface area (Å²) in [4.78, 5) is 1.47. The summed E-state index contributed by atoms with van der Waals surface area (Å²) in [7, 11) is -0.182. The lowest BCUT2D eigenvalue weighted by atomic mass is 10.2. The minimum atomic E-state index is -3.95. The Hall–Kier alpha value is -0.410. The lowest BCUT2D eigenvalue weighted by Gasteiger charge is -2.21. The molecule has 118 valence electrons. The molecular formula is C12H16BrClFN3O2S. The predicted molar refractivity (Wildman–Crippen MR) is 84.4 cm³/mol. The molecule has 0 bridgehead atoms. The van der Waals surface area contributed by atoms with Crippen molar-refractivity contribution in [2.24, 2.45) is 0 Å². The Morgan fingerprint density at radius 2 is 2.14 bits per heavy atom. The van der Waals surface area contributed by atoms with E-state index in [1.165, 1.54) is 4.31 Å². The summed E-state index contributed by atoms with van der Waals surface area (Å²) in [6.07, 6.45) is 0.702. The molecule has 0 aliphatic carbocycles. The molecule has 1 unspecified atom stereocenters. The normalized spacial score (nSPS) is 20.4. The van der Waals surface area contributed by atoms with Crippen LogP contribution < -0.4 is 5.73 Å². The van der Waals surface area contributed by atoms with Crippen LogP contribution in [0.2, 0.25) is 5.02 Å². The van der Waals surface area contributed by atoms with Crippen LogP contribution in [0.3, 0.4) is 0 Å². The minimum Gasteiger partial charge on any atom is -0.395 e. The highest BCUT2D eigenvalue weighted by atomic mass is 79.9. The zero-order valence-corrected chi connectivity index (χ0v) is 14.8. The van der Waals surface area contributed by atoms with Crippen molar-refractivity contribution in [3.8, 4) is 0 Å². The third-order valence-electron chi connectivity index (χ3n) is 3.63. The van der Waals surface area contributed by atoms with E-state index in [9.17, 15) is 12.8 Å². The van der Waals surface area contributed by atoms with Crippen LogP contribution in [0.25, 0.3) is 0 Å². The van der Waals surface area contributed by atoms with Gasteiger partial charge >= 0.3 is 0 Å². The molecule has 0 spiro atoms. The van der Waals surface area contributed by atoms with Crippen molar-refractivity contribution in [3.05, 3.63) is 21.4 Å². The molecule has 1 aromatic carbocycles. The van der Waals surface area contributed by atoms with Gasteiger partial charge in [-0.25, -0.2) is 12.8 Å². The Balaban J connectivity index is 2.42. The van der Waals surface area contributed by atoms with Crippen molar-refractivity contribution in [2.75, 3.05) is 32.9 Å². The Bertz CT molecular complexity index is 669. The van der Waals surface area contributed by atoms with E-state index in [1.807, 2.05) is 19.0 Å². The Labute approximate surface area is 137 Å². The fraction of sp³-hybridized carbons (Fsp3) is 0.500. The van der Waals surface area contributed by atoms with Gasteiger partial charge in [0.25, 0.3) is 0 Å². The van der Waals surface area contributed by atoms with E-state index in [0.29, 0.717) is 19.5 Å². The molecule has 1 saturated heterocycles. The zero-order chi connectivity index (χ0) is 15.9. The average molecular weight is 401 g/mol. The average Bonchev–Trinajstić information content (AvgIpc) is 2.91. The number of halogens is 3. The highest BCUT2D eigenvalue weighted by Crippen LogP contribution is 2.36. The molecule has 1 atom stereocenters. The van der Waals surface area contributed by atoms with Gasteiger partial charge in [0.2, 0.25) is 10.0 Å². The quantitative estimate of drug-likeness (QED) is 0.624. The van der Waals surface area contributed by atoms with E-state index >= 15 is 0 Å². The first-order valence-corrected chi connectivity index (χ1v) is 8.87. The number of nitrogens with zero attached hydrogens (tertiary/aromatic N) is 2. The van der Waals surface area contributed by atoms with E-state index in [2.05, 4.69) is 15.9 Å². The van der Waals surface area contributed by atoms with E-state index in [4.69, 9.17) is 17.3 Å². The van der Waals surface area contributed by atoms with Crippen LogP contribution in [-0.2, 0) is 10.0 Å². The van der Waals surface area contributed by atoms with Crippen LogP contribution in [0.5, 0.6) is 0 Å². The van der Waals surface area contributed by atoms with Crippen molar-refractivity contribution >= 4 is 43.2 Å². The van der Waals surface area contributed by atoms with E-state index in [-0.39, 0.29) is 21.2 Å². The predicted octanol–water partition coefficient (Wildman–Crippen LogP) is 2.15. The topological polar surface area (TPSA) is 66.6 Å². The Morgan fingerprint density at radius 1 is 1.52 bits per heavy atom. The molecule has 9 heteroatoms. The molecule has 0 aromatic heterocycles. The molecule has 1 aromatic rings. The van der Waals surface area contributed by atoms with Crippen LogP contribution in [0.15, 0.2) is 15.4 Å². The van der Waals surface area contributed by atoms with Gasteiger partial charge in [0.05, 0.1) is 15.2 Å². The van der Waals surface area contributed by atoms with Gasteiger partial charge in [-0.05, 0) is 42.5 Å². The standard InChI is InChI=1S/C12H16BrClFN3O2S/c1-17(2)7-3-4-18(6-7)21(19,20)9-5-8(14)10(13)12(16)11(9)15/h5,7H,3-4,6,16H2,1-2H3. The largest absolute Gasteiger partial charge is 0.395 e. The second-order valence-corrected chi connectivity index (χ2v) is 8.27. The lowest BCUT2D eigenvalue weighted by molar-refractivity contribution is 0.302. The Kier molecular flexibility index (Phi) is 4.84. The van der Waals surface area contributed by atoms with Gasteiger partial charge in [-0.15, -0.1) is 0 Å². The lowest BCUT2D eigenvalue weighted by Crippen LogP contribution is -2.35. The zero-order valence-electron chi connectivity index (χ0n) is 11.6. The molecule has 0 radical (unpaired) electrons. The highest BCUT2D eigenvalue weighted by Gasteiger charge is 2.36. The van der Waals surface area contributed by atoms with Gasteiger partial charge < -0.3 is 10.6 Å². The molecule has 21 heavy (non-hydrogen) atoms. The SMILES string of the molecule is CN(C)C1CCN(S(=O)(=O)c2cc(Cl)c(Br)c(N)c2F)C1. The van der Waals surface area contributed by atoms with Gasteiger partial charge in [0.15, 0.2) is 5.82 Å². The second-order valence-electron chi connectivity index (χ2n) is 5.17. The summed E-state index contributed by atoms with van der Waals surface area (Å²) in [6, 6.07) is 1.21. The minimum absolute atomic E-state index is 0.0656. The van der Waals surface area contributed by atoms with Crippen molar-refractivity contribution in [2.45, 2.75) is 17.4 Å². The van der Waals surface area contributed by atoms with Crippen LogP contribution in [-0.4, -0.2) is 50.8 Å². The monoisotopic (exact) mass is 399 g/mol. The smallest absolute Gasteiger partial charge is 0.246 e. The maximum Gasteiger partial charge on any atom is 0.246 e. The van der Waals surface area contributed by atoms with Gasteiger partial charge in [-0.2, -0.15) is 4.31 Å². The first-order valence-electron chi connectivity index (χ1n) is 6.25. The van der Waals surface area contributed by atoms with Crippen molar-refractivity contribution < 1.29 is 12.8 Å². The number of anilines is 1. The summed E-state index contributed by atoms with van der Waals surface area (Å²) in [5.41, 5.74) is 5.26. The molecule has 1 heterocycles. The van der Waals surface area contributed by atoms with Gasteiger partial charge in [-0.1, -0.05) is 11.6 Å². The maximum atomic E-state index is 14.2. The summed E-state index contributed by atoms with van der Waals surface area (Å²) in [6.45, 7) is 0.667. The van der Waals surface area contributed by atoms with Gasteiger partial charge in [-0.3, -0.25) is 0 Å². The molecule has 1 aliphatic rings.